The summed E-state index contributed by atoms with van der Waals surface area (Å²) in [5, 5.41) is 5.86. The predicted octanol–water partition coefficient (Wildman–Crippen LogP) is 3.38. The molecule has 10 heteroatoms. The molecule has 0 unspecified atom stereocenters. The van der Waals surface area contributed by atoms with Crippen LogP contribution in [0.25, 0.3) is 16.9 Å². The Kier molecular flexibility index (Phi) is 7.12. The minimum Gasteiger partial charge on any atom is -0.491 e. The molecule has 0 saturated heterocycles. The van der Waals surface area contributed by atoms with Crippen LogP contribution in [0.3, 0.4) is 0 Å². The lowest BCUT2D eigenvalue weighted by Crippen LogP contribution is -2.25. The van der Waals surface area contributed by atoms with E-state index in [4.69, 9.17) is 9.47 Å². The van der Waals surface area contributed by atoms with Crippen molar-refractivity contribution in [2.45, 2.75) is 6.92 Å². The fourth-order valence-corrected chi connectivity index (χ4v) is 3.34. The zero-order valence-electron chi connectivity index (χ0n) is 19.3. The number of para-hydroxylation sites is 2. The first-order valence-corrected chi connectivity index (χ1v) is 10.8. The zero-order valence-corrected chi connectivity index (χ0v) is 19.3. The SMILES string of the molecule is C=CC(=O)Nc1ccccc1-n1c(=O)c(C)nc2cnc(Nc3ccc(OCCOC)cc3)nc21. The molecule has 2 aromatic carbocycles. The van der Waals surface area contributed by atoms with Crippen LogP contribution in [0, 0.1) is 6.92 Å². The summed E-state index contributed by atoms with van der Waals surface area (Å²) in [6.45, 7) is 6.05. The third-order valence-electron chi connectivity index (χ3n) is 5.02. The van der Waals surface area contributed by atoms with Crippen molar-refractivity contribution >= 4 is 34.4 Å². The summed E-state index contributed by atoms with van der Waals surface area (Å²) in [5.74, 6) is 0.586. The highest BCUT2D eigenvalue weighted by atomic mass is 16.5. The lowest BCUT2D eigenvalue weighted by molar-refractivity contribution is -0.111. The Hall–Kier alpha value is -4.57. The fraction of sp³-hybridized carbons (Fsp3) is 0.160. The molecule has 1 amide bonds. The van der Waals surface area contributed by atoms with Crippen molar-refractivity contribution in [3.8, 4) is 11.4 Å². The van der Waals surface area contributed by atoms with Gasteiger partial charge in [-0.3, -0.25) is 14.2 Å². The molecule has 2 N–H and O–H groups in total. The van der Waals surface area contributed by atoms with Gasteiger partial charge in [-0.25, -0.2) is 9.97 Å². The standard InChI is InChI=1S/C25H24N6O4/c1-4-22(32)29-19-7-5-6-8-21(19)31-23-20(27-16(2)24(31)33)15-26-25(30-23)28-17-9-11-18(12-10-17)35-14-13-34-3/h4-12,15H,1,13-14H2,2-3H3,(H,29,32)(H,26,28,30). The number of aromatic nitrogens is 4. The molecule has 0 spiro atoms. The Bertz CT molecular complexity index is 1430. The Morgan fingerprint density at radius 1 is 1.11 bits per heavy atom. The van der Waals surface area contributed by atoms with Crippen LogP contribution >= 0.6 is 0 Å². The van der Waals surface area contributed by atoms with E-state index in [0.717, 1.165) is 11.8 Å². The lowest BCUT2D eigenvalue weighted by Gasteiger charge is -2.15. The monoisotopic (exact) mass is 472 g/mol. The maximum Gasteiger partial charge on any atom is 0.278 e. The summed E-state index contributed by atoms with van der Waals surface area (Å²) in [6, 6.07) is 14.2. The number of carbonyl (C=O) groups is 1. The normalized spacial score (nSPS) is 10.7. The van der Waals surface area contributed by atoms with Gasteiger partial charge in [0.2, 0.25) is 11.9 Å². The van der Waals surface area contributed by atoms with Crippen molar-refractivity contribution in [2.75, 3.05) is 31.0 Å². The van der Waals surface area contributed by atoms with E-state index >= 15 is 0 Å². The van der Waals surface area contributed by atoms with Crippen LogP contribution in [0.5, 0.6) is 5.75 Å². The molecule has 2 heterocycles. The first-order valence-electron chi connectivity index (χ1n) is 10.8. The summed E-state index contributed by atoms with van der Waals surface area (Å²) >= 11 is 0. The topological polar surface area (TPSA) is 120 Å². The smallest absolute Gasteiger partial charge is 0.278 e. The van der Waals surface area contributed by atoms with Gasteiger partial charge in [-0.15, -0.1) is 0 Å². The van der Waals surface area contributed by atoms with Gasteiger partial charge in [-0.05, 0) is 49.4 Å². The Morgan fingerprint density at radius 3 is 2.63 bits per heavy atom. The number of amides is 1. The number of nitrogens with zero attached hydrogens (tertiary/aromatic N) is 4. The van der Waals surface area contributed by atoms with Gasteiger partial charge in [-0.2, -0.15) is 4.98 Å². The van der Waals surface area contributed by atoms with Gasteiger partial charge in [0.15, 0.2) is 5.65 Å². The molecule has 0 aliphatic heterocycles. The molecular weight excluding hydrogens is 448 g/mol. The molecule has 0 aliphatic rings. The van der Waals surface area contributed by atoms with Gasteiger partial charge in [-0.1, -0.05) is 18.7 Å². The molecular formula is C25H24N6O4. The number of carbonyl (C=O) groups excluding carboxylic acids is 1. The van der Waals surface area contributed by atoms with Crippen molar-refractivity contribution in [1.29, 1.82) is 0 Å². The van der Waals surface area contributed by atoms with Gasteiger partial charge < -0.3 is 20.1 Å². The average molecular weight is 473 g/mol. The van der Waals surface area contributed by atoms with Crippen molar-refractivity contribution < 1.29 is 14.3 Å². The summed E-state index contributed by atoms with van der Waals surface area (Å²) in [7, 11) is 1.62. The third kappa shape index (κ3) is 5.33. The van der Waals surface area contributed by atoms with Crippen LogP contribution in [0.15, 0.2) is 72.2 Å². The van der Waals surface area contributed by atoms with Crippen LogP contribution in [-0.4, -0.2) is 45.7 Å². The molecule has 0 fully saturated rings. The van der Waals surface area contributed by atoms with Crippen LogP contribution in [-0.2, 0) is 9.53 Å². The van der Waals surface area contributed by atoms with Crippen molar-refractivity contribution in [3.63, 3.8) is 0 Å². The second kappa shape index (κ2) is 10.6. The van der Waals surface area contributed by atoms with E-state index < -0.39 is 5.91 Å². The van der Waals surface area contributed by atoms with Crippen molar-refractivity contribution in [2.24, 2.45) is 0 Å². The molecule has 0 atom stereocenters. The largest absolute Gasteiger partial charge is 0.491 e. The van der Waals surface area contributed by atoms with E-state index in [2.05, 4.69) is 32.2 Å². The summed E-state index contributed by atoms with van der Waals surface area (Å²) in [5.41, 5.74) is 2.25. The minimum absolute atomic E-state index is 0.274. The van der Waals surface area contributed by atoms with Crippen molar-refractivity contribution in [1.82, 2.24) is 19.5 Å². The van der Waals surface area contributed by atoms with Gasteiger partial charge in [0, 0.05) is 12.8 Å². The van der Waals surface area contributed by atoms with E-state index in [1.807, 2.05) is 24.3 Å². The maximum absolute atomic E-state index is 13.2. The number of hydrogen-bond donors (Lipinski definition) is 2. The summed E-state index contributed by atoms with van der Waals surface area (Å²) in [6.07, 6.45) is 2.70. The lowest BCUT2D eigenvalue weighted by atomic mass is 10.2. The van der Waals surface area contributed by atoms with Gasteiger partial charge in [0.05, 0.1) is 24.2 Å². The Morgan fingerprint density at radius 2 is 1.89 bits per heavy atom. The number of methoxy groups -OCH3 is 1. The molecule has 0 saturated carbocycles. The Balaban J connectivity index is 1.73. The second-order valence-corrected chi connectivity index (χ2v) is 7.44. The number of fused-ring (bicyclic) bond motifs is 1. The molecule has 2 aromatic heterocycles. The maximum atomic E-state index is 13.2. The first kappa shape index (κ1) is 23.6. The molecule has 0 bridgehead atoms. The van der Waals surface area contributed by atoms with Crippen LogP contribution < -0.4 is 20.9 Å². The highest BCUT2D eigenvalue weighted by Crippen LogP contribution is 2.24. The first-order chi connectivity index (χ1) is 17.0. The molecule has 35 heavy (non-hydrogen) atoms. The Labute approximate surface area is 201 Å². The number of anilines is 3. The number of ether oxygens (including phenoxy) is 2. The van der Waals surface area contributed by atoms with E-state index in [1.165, 1.54) is 4.57 Å². The van der Waals surface area contributed by atoms with Gasteiger partial charge in [0.1, 0.15) is 23.6 Å². The number of rotatable bonds is 9. The molecule has 4 aromatic rings. The molecule has 178 valence electrons. The number of hydrogen-bond acceptors (Lipinski definition) is 8. The predicted molar refractivity (Wildman–Crippen MR) is 134 cm³/mol. The number of aryl methyl sites for hydroxylation is 1. The van der Waals surface area contributed by atoms with Crippen molar-refractivity contribution in [3.05, 3.63) is 83.4 Å². The molecule has 0 aliphatic carbocycles. The summed E-state index contributed by atoms with van der Waals surface area (Å²) in [4.78, 5) is 38.4. The zero-order chi connectivity index (χ0) is 24.8. The number of nitrogens with one attached hydrogen (secondary N) is 2. The average Bonchev–Trinajstić information content (AvgIpc) is 2.87. The van der Waals surface area contributed by atoms with E-state index in [0.29, 0.717) is 35.9 Å². The van der Waals surface area contributed by atoms with E-state index in [1.54, 1.807) is 44.5 Å². The molecule has 0 radical (unpaired) electrons. The summed E-state index contributed by atoms with van der Waals surface area (Å²) < 4.78 is 12.0. The van der Waals surface area contributed by atoms with Crippen LogP contribution in [0.2, 0.25) is 0 Å². The molecule has 10 nitrogen and oxygen atoms in total. The fourth-order valence-electron chi connectivity index (χ4n) is 3.34. The molecule has 4 rings (SSSR count). The van der Waals surface area contributed by atoms with E-state index in [9.17, 15) is 9.59 Å². The van der Waals surface area contributed by atoms with Gasteiger partial charge >= 0.3 is 0 Å². The quantitative estimate of drug-likeness (QED) is 0.281. The van der Waals surface area contributed by atoms with Crippen LogP contribution in [0.4, 0.5) is 17.3 Å². The second-order valence-electron chi connectivity index (χ2n) is 7.44. The van der Waals surface area contributed by atoms with Gasteiger partial charge in [0.25, 0.3) is 5.56 Å². The highest BCUT2D eigenvalue weighted by molar-refractivity contribution is 6.00. The number of benzene rings is 2. The van der Waals surface area contributed by atoms with E-state index in [-0.39, 0.29) is 22.8 Å². The third-order valence-corrected chi connectivity index (χ3v) is 5.02. The van der Waals surface area contributed by atoms with Crippen LogP contribution in [0.1, 0.15) is 5.69 Å². The highest BCUT2D eigenvalue weighted by Gasteiger charge is 2.16. The minimum atomic E-state index is -0.396.